The van der Waals surface area contributed by atoms with Crippen molar-refractivity contribution in [3.63, 3.8) is 0 Å². The normalized spacial score (nSPS) is 10.3. The fraction of sp³-hybridized carbons (Fsp3) is 0.167. The van der Waals surface area contributed by atoms with Gasteiger partial charge in [0, 0.05) is 11.6 Å². The van der Waals surface area contributed by atoms with Crippen LogP contribution in [0.3, 0.4) is 0 Å². The van der Waals surface area contributed by atoms with Crippen molar-refractivity contribution in [1.82, 2.24) is 14.8 Å². The zero-order chi connectivity index (χ0) is 19.2. The minimum Gasteiger partial charge on any atom is -0.497 e. The van der Waals surface area contributed by atoms with Crippen molar-refractivity contribution < 1.29 is 13.9 Å². The molecule has 0 atom stereocenters. The smallest absolute Gasteiger partial charge is 0.248 e. The molecule has 0 aliphatic carbocycles. The molecular formula is C18H18FN5O2S. The Bertz CT molecular complexity index is 947. The molecule has 9 heteroatoms. The molecule has 1 heterocycles. The first-order valence-corrected chi connectivity index (χ1v) is 8.42. The van der Waals surface area contributed by atoms with E-state index in [2.05, 4.69) is 20.7 Å². The largest absolute Gasteiger partial charge is 0.497 e. The summed E-state index contributed by atoms with van der Waals surface area (Å²) in [6.07, 6.45) is 1.50. The van der Waals surface area contributed by atoms with Crippen LogP contribution in [0.15, 0.2) is 48.8 Å². The standard InChI is InChI=1S/C18H18FN5O2S/c1-25-13-7-8-16(26-2)15(9-13)21-18(27)22-17-20-11-24(23-17)10-12-5-3-4-6-14(12)19/h3-9,11H,10H2,1-2H3,(H2,21,22,23,27). The average molecular weight is 387 g/mol. The summed E-state index contributed by atoms with van der Waals surface area (Å²) in [4.78, 5) is 4.13. The Balaban J connectivity index is 1.65. The van der Waals surface area contributed by atoms with Crippen LogP contribution < -0.4 is 20.1 Å². The highest BCUT2D eigenvalue weighted by atomic mass is 32.1. The molecule has 2 aromatic carbocycles. The number of methoxy groups -OCH3 is 2. The SMILES string of the molecule is COc1ccc(OC)c(NC(=S)Nc2ncn(Cc3ccccc3F)n2)c1. The van der Waals surface area contributed by atoms with Gasteiger partial charge in [0.15, 0.2) is 5.11 Å². The minimum absolute atomic E-state index is 0.269. The molecule has 0 unspecified atom stereocenters. The summed E-state index contributed by atoms with van der Waals surface area (Å²) < 4.78 is 25.8. The van der Waals surface area contributed by atoms with E-state index in [0.29, 0.717) is 28.7 Å². The van der Waals surface area contributed by atoms with Gasteiger partial charge in [-0.2, -0.15) is 0 Å². The number of halogens is 1. The molecule has 2 N–H and O–H groups in total. The van der Waals surface area contributed by atoms with Gasteiger partial charge in [0.1, 0.15) is 23.6 Å². The number of ether oxygens (including phenoxy) is 2. The molecule has 0 amide bonds. The molecule has 0 aliphatic heterocycles. The van der Waals surface area contributed by atoms with E-state index in [-0.39, 0.29) is 17.5 Å². The Labute approximate surface area is 161 Å². The first-order valence-electron chi connectivity index (χ1n) is 8.02. The zero-order valence-corrected chi connectivity index (χ0v) is 15.6. The minimum atomic E-state index is -0.287. The quantitative estimate of drug-likeness (QED) is 0.629. The van der Waals surface area contributed by atoms with Gasteiger partial charge in [0.05, 0.1) is 26.5 Å². The summed E-state index contributed by atoms with van der Waals surface area (Å²) in [6, 6.07) is 11.8. The molecule has 7 nitrogen and oxygen atoms in total. The number of nitrogens with one attached hydrogen (secondary N) is 2. The van der Waals surface area contributed by atoms with E-state index < -0.39 is 0 Å². The maximum atomic E-state index is 13.7. The van der Waals surface area contributed by atoms with Crippen LogP contribution >= 0.6 is 12.2 Å². The molecule has 3 rings (SSSR count). The Kier molecular flexibility index (Phi) is 5.82. The van der Waals surface area contributed by atoms with Gasteiger partial charge in [-0.3, -0.25) is 5.32 Å². The van der Waals surface area contributed by atoms with E-state index in [1.54, 1.807) is 50.6 Å². The Hall–Kier alpha value is -3.20. The van der Waals surface area contributed by atoms with Crippen LogP contribution in [0.1, 0.15) is 5.56 Å². The van der Waals surface area contributed by atoms with Crippen LogP contribution in [-0.2, 0) is 6.54 Å². The molecule has 3 aromatic rings. The molecule has 0 saturated carbocycles. The van der Waals surface area contributed by atoms with Gasteiger partial charge in [-0.25, -0.2) is 14.1 Å². The maximum Gasteiger partial charge on any atom is 0.248 e. The molecule has 0 radical (unpaired) electrons. The summed E-state index contributed by atoms with van der Waals surface area (Å²) in [7, 11) is 3.14. The third kappa shape index (κ3) is 4.70. The monoisotopic (exact) mass is 387 g/mol. The van der Waals surface area contributed by atoms with Crippen molar-refractivity contribution in [3.8, 4) is 11.5 Å². The van der Waals surface area contributed by atoms with Gasteiger partial charge in [-0.15, -0.1) is 5.10 Å². The van der Waals surface area contributed by atoms with E-state index in [0.717, 1.165) is 0 Å². The first kappa shape index (κ1) is 18.6. The number of rotatable bonds is 6. The molecule has 0 bridgehead atoms. The number of hydrogen-bond donors (Lipinski definition) is 2. The topological polar surface area (TPSA) is 73.2 Å². The van der Waals surface area contributed by atoms with Crippen molar-refractivity contribution >= 4 is 29.0 Å². The number of anilines is 2. The number of hydrogen-bond acceptors (Lipinski definition) is 5. The molecule has 0 saturated heterocycles. The third-order valence-electron chi connectivity index (χ3n) is 3.71. The summed E-state index contributed by atoms with van der Waals surface area (Å²) in [6.45, 7) is 0.269. The lowest BCUT2D eigenvalue weighted by Crippen LogP contribution is -2.20. The highest BCUT2D eigenvalue weighted by molar-refractivity contribution is 7.80. The molecule has 140 valence electrons. The van der Waals surface area contributed by atoms with Crippen molar-refractivity contribution in [1.29, 1.82) is 0 Å². The predicted octanol–water partition coefficient (Wildman–Crippen LogP) is 3.29. The lowest BCUT2D eigenvalue weighted by Gasteiger charge is -2.13. The highest BCUT2D eigenvalue weighted by Crippen LogP contribution is 2.28. The molecule has 0 spiro atoms. The first-order chi connectivity index (χ1) is 13.1. The number of aromatic nitrogens is 3. The van der Waals surface area contributed by atoms with E-state index in [4.69, 9.17) is 21.7 Å². The molecule has 0 aliphatic rings. The second kappa shape index (κ2) is 8.45. The van der Waals surface area contributed by atoms with Gasteiger partial charge in [0.2, 0.25) is 5.95 Å². The van der Waals surface area contributed by atoms with Gasteiger partial charge in [0.25, 0.3) is 0 Å². The van der Waals surface area contributed by atoms with Gasteiger partial charge < -0.3 is 14.8 Å². The van der Waals surface area contributed by atoms with Gasteiger partial charge in [-0.1, -0.05) is 18.2 Å². The average Bonchev–Trinajstić information content (AvgIpc) is 3.10. The fourth-order valence-electron chi connectivity index (χ4n) is 2.40. The lowest BCUT2D eigenvalue weighted by molar-refractivity contribution is 0.405. The molecule has 27 heavy (non-hydrogen) atoms. The van der Waals surface area contributed by atoms with Crippen LogP contribution in [0.25, 0.3) is 0 Å². The van der Waals surface area contributed by atoms with Crippen LogP contribution in [0.2, 0.25) is 0 Å². The van der Waals surface area contributed by atoms with E-state index >= 15 is 0 Å². The van der Waals surface area contributed by atoms with Crippen molar-refractivity contribution in [2.45, 2.75) is 6.54 Å². The van der Waals surface area contributed by atoms with Gasteiger partial charge >= 0.3 is 0 Å². The molecular weight excluding hydrogens is 369 g/mol. The summed E-state index contributed by atoms with van der Waals surface area (Å²) in [5.41, 5.74) is 1.16. The third-order valence-corrected chi connectivity index (χ3v) is 3.91. The summed E-state index contributed by atoms with van der Waals surface area (Å²) in [5.74, 6) is 1.28. The van der Waals surface area contributed by atoms with Crippen molar-refractivity contribution in [2.24, 2.45) is 0 Å². The number of nitrogens with zero attached hydrogens (tertiary/aromatic N) is 3. The van der Waals surface area contributed by atoms with Crippen LogP contribution in [0.5, 0.6) is 11.5 Å². The van der Waals surface area contributed by atoms with Crippen LogP contribution in [-0.4, -0.2) is 34.1 Å². The molecule has 0 fully saturated rings. The fourth-order valence-corrected chi connectivity index (χ4v) is 2.60. The van der Waals surface area contributed by atoms with Crippen molar-refractivity contribution in [3.05, 3.63) is 60.2 Å². The highest BCUT2D eigenvalue weighted by Gasteiger charge is 2.10. The zero-order valence-electron chi connectivity index (χ0n) is 14.8. The van der Waals surface area contributed by atoms with E-state index in [9.17, 15) is 4.39 Å². The van der Waals surface area contributed by atoms with E-state index in [1.807, 2.05) is 0 Å². The maximum absolute atomic E-state index is 13.7. The van der Waals surface area contributed by atoms with E-state index in [1.165, 1.54) is 17.1 Å². The van der Waals surface area contributed by atoms with Crippen LogP contribution in [0, 0.1) is 5.82 Å². The summed E-state index contributed by atoms with van der Waals surface area (Å²) >= 11 is 5.30. The van der Waals surface area contributed by atoms with Crippen LogP contribution in [0.4, 0.5) is 16.0 Å². The Morgan fingerprint density at radius 2 is 1.96 bits per heavy atom. The number of benzene rings is 2. The molecule has 1 aromatic heterocycles. The number of thiocarbonyl (C=S) groups is 1. The summed E-state index contributed by atoms with van der Waals surface area (Å²) in [5, 5.41) is 10.4. The Morgan fingerprint density at radius 3 is 2.70 bits per heavy atom. The predicted molar refractivity (Wildman–Crippen MR) is 105 cm³/mol. The van der Waals surface area contributed by atoms with Crippen molar-refractivity contribution in [2.75, 3.05) is 24.9 Å². The Morgan fingerprint density at radius 1 is 1.15 bits per heavy atom. The lowest BCUT2D eigenvalue weighted by atomic mass is 10.2. The van der Waals surface area contributed by atoms with Gasteiger partial charge in [-0.05, 0) is 30.4 Å². The second-order valence-corrected chi connectivity index (χ2v) is 5.91. The second-order valence-electron chi connectivity index (χ2n) is 5.50.